The van der Waals surface area contributed by atoms with Crippen LogP contribution < -0.4 is 10.6 Å². The predicted octanol–water partition coefficient (Wildman–Crippen LogP) is 2.86. The lowest BCUT2D eigenvalue weighted by atomic mass is 10.1. The molecule has 7 heteroatoms. The summed E-state index contributed by atoms with van der Waals surface area (Å²) in [6.07, 6.45) is 4.90. The Morgan fingerprint density at radius 2 is 1.93 bits per heavy atom. The molecule has 1 aromatic rings. The Morgan fingerprint density at radius 3 is 2.59 bits per heavy atom. The summed E-state index contributed by atoms with van der Waals surface area (Å²) in [5.74, 6) is 0.300. The molecule has 2 amide bonds. The summed E-state index contributed by atoms with van der Waals surface area (Å²) in [4.78, 5) is 26.1. The van der Waals surface area contributed by atoms with E-state index in [1.807, 2.05) is 0 Å². The van der Waals surface area contributed by atoms with Gasteiger partial charge in [-0.2, -0.15) is 0 Å². The van der Waals surface area contributed by atoms with Crippen LogP contribution in [0.2, 0.25) is 5.02 Å². The Morgan fingerprint density at radius 1 is 1.19 bits per heavy atom. The zero-order chi connectivity index (χ0) is 19.4. The van der Waals surface area contributed by atoms with Crippen LogP contribution in [0.4, 0.5) is 4.39 Å². The molecule has 0 aromatic heterocycles. The number of benzene rings is 1. The average Bonchev–Trinajstić information content (AvgIpc) is 3.35. The second-order valence-electron chi connectivity index (χ2n) is 7.68. The molecule has 5 nitrogen and oxygen atoms in total. The van der Waals surface area contributed by atoms with Crippen LogP contribution in [0.15, 0.2) is 18.2 Å². The highest BCUT2D eigenvalue weighted by Gasteiger charge is 2.37. The number of hydrogen-bond donors (Lipinski definition) is 2. The molecule has 1 heterocycles. The van der Waals surface area contributed by atoms with Crippen LogP contribution in [0, 0.1) is 11.7 Å². The minimum absolute atomic E-state index is 0.0151. The third-order valence-electron chi connectivity index (χ3n) is 5.44. The van der Waals surface area contributed by atoms with E-state index in [2.05, 4.69) is 15.5 Å². The third kappa shape index (κ3) is 5.91. The van der Waals surface area contributed by atoms with Gasteiger partial charge in [-0.15, -0.1) is 0 Å². The maximum atomic E-state index is 13.1. The fraction of sp³-hybridized carbons (Fsp3) is 0.600. The smallest absolute Gasteiger partial charge is 0.221 e. The van der Waals surface area contributed by atoms with E-state index in [1.54, 1.807) is 6.07 Å². The van der Waals surface area contributed by atoms with Gasteiger partial charge >= 0.3 is 0 Å². The SMILES string of the molecule is CC(=O)NC[C@H]1CC[C@@H](CC(=O)NCc2ccc(F)cc2Cl)N1CC1CC1. The van der Waals surface area contributed by atoms with Gasteiger partial charge in [-0.05, 0) is 49.3 Å². The number of likely N-dealkylation sites (tertiary alicyclic amines) is 1. The van der Waals surface area contributed by atoms with Crippen molar-refractivity contribution in [1.82, 2.24) is 15.5 Å². The Kier molecular flexibility index (Phi) is 6.71. The summed E-state index contributed by atoms with van der Waals surface area (Å²) in [5.41, 5.74) is 0.705. The van der Waals surface area contributed by atoms with Gasteiger partial charge in [-0.1, -0.05) is 17.7 Å². The highest BCUT2D eigenvalue weighted by atomic mass is 35.5. The fourth-order valence-corrected chi connectivity index (χ4v) is 3.99. The minimum Gasteiger partial charge on any atom is -0.355 e. The van der Waals surface area contributed by atoms with Crippen LogP contribution >= 0.6 is 11.6 Å². The number of halogens is 2. The van der Waals surface area contributed by atoms with Crippen molar-refractivity contribution < 1.29 is 14.0 Å². The van der Waals surface area contributed by atoms with E-state index in [0.29, 0.717) is 36.1 Å². The number of amides is 2. The van der Waals surface area contributed by atoms with Crippen LogP contribution in [-0.4, -0.2) is 41.9 Å². The van der Waals surface area contributed by atoms with Crippen LogP contribution in [0.3, 0.4) is 0 Å². The van der Waals surface area contributed by atoms with Crippen LogP contribution in [-0.2, 0) is 16.1 Å². The van der Waals surface area contributed by atoms with E-state index >= 15 is 0 Å². The number of carbonyl (C=O) groups excluding carboxylic acids is 2. The van der Waals surface area contributed by atoms with E-state index in [9.17, 15) is 14.0 Å². The normalized spacial score (nSPS) is 22.6. The lowest BCUT2D eigenvalue weighted by Crippen LogP contribution is -2.45. The van der Waals surface area contributed by atoms with Crippen molar-refractivity contribution in [3.8, 4) is 0 Å². The molecular formula is C20H27ClFN3O2. The Hall–Kier alpha value is -1.66. The molecule has 27 heavy (non-hydrogen) atoms. The molecule has 0 unspecified atom stereocenters. The van der Waals surface area contributed by atoms with Crippen molar-refractivity contribution in [2.75, 3.05) is 13.1 Å². The molecule has 3 rings (SSSR count). The second kappa shape index (κ2) is 9.02. The molecule has 0 bridgehead atoms. The highest BCUT2D eigenvalue weighted by molar-refractivity contribution is 6.31. The first-order valence-corrected chi connectivity index (χ1v) is 10.0. The van der Waals surface area contributed by atoms with Gasteiger partial charge in [0.15, 0.2) is 0 Å². The second-order valence-corrected chi connectivity index (χ2v) is 8.09. The maximum absolute atomic E-state index is 13.1. The lowest BCUT2D eigenvalue weighted by Gasteiger charge is -2.30. The summed E-state index contributed by atoms with van der Waals surface area (Å²) in [6, 6.07) is 4.70. The fourth-order valence-electron chi connectivity index (χ4n) is 3.76. The first-order chi connectivity index (χ1) is 12.9. The molecular weight excluding hydrogens is 369 g/mol. The van der Waals surface area contributed by atoms with Crippen molar-refractivity contribution in [3.05, 3.63) is 34.6 Å². The van der Waals surface area contributed by atoms with Crippen molar-refractivity contribution in [3.63, 3.8) is 0 Å². The Bertz CT molecular complexity index is 696. The van der Waals surface area contributed by atoms with Crippen molar-refractivity contribution in [1.29, 1.82) is 0 Å². The quantitative estimate of drug-likeness (QED) is 0.711. The summed E-state index contributed by atoms with van der Waals surface area (Å²) in [7, 11) is 0. The predicted molar refractivity (Wildman–Crippen MR) is 103 cm³/mol. The number of hydrogen-bond acceptors (Lipinski definition) is 3. The highest BCUT2D eigenvalue weighted by Crippen LogP contribution is 2.35. The number of rotatable bonds is 8. The van der Waals surface area contributed by atoms with E-state index in [-0.39, 0.29) is 23.7 Å². The molecule has 2 N–H and O–H groups in total. The number of nitrogens with zero attached hydrogens (tertiary/aromatic N) is 1. The zero-order valence-corrected chi connectivity index (χ0v) is 16.4. The first-order valence-electron chi connectivity index (χ1n) is 9.63. The van der Waals surface area contributed by atoms with Crippen LogP contribution in [0.25, 0.3) is 0 Å². The van der Waals surface area contributed by atoms with E-state index in [4.69, 9.17) is 11.6 Å². The van der Waals surface area contributed by atoms with Gasteiger partial charge in [0.2, 0.25) is 11.8 Å². The molecule has 0 radical (unpaired) electrons. The molecule has 148 valence electrons. The Balaban J connectivity index is 1.52. The van der Waals surface area contributed by atoms with E-state index < -0.39 is 0 Å². The van der Waals surface area contributed by atoms with Gasteiger partial charge in [0.25, 0.3) is 0 Å². The zero-order valence-electron chi connectivity index (χ0n) is 15.6. The van der Waals surface area contributed by atoms with Gasteiger partial charge in [0.05, 0.1) is 0 Å². The van der Waals surface area contributed by atoms with Crippen molar-refractivity contribution in [2.24, 2.45) is 5.92 Å². The van der Waals surface area contributed by atoms with Crippen LogP contribution in [0.5, 0.6) is 0 Å². The van der Waals surface area contributed by atoms with Gasteiger partial charge < -0.3 is 10.6 Å². The number of carbonyl (C=O) groups is 2. The monoisotopic (exact) mass is 395 g/mol. The van der Waals surface area contributed by atoms with E-state index in [1.165, 1.54) is 31.9 Å². The third-order valence-corrected chi connectivity index (χ3v) is 5.79. The Labute approximate surface area is 164 Å². The lowest BCUT2D eigenvalue weighted by molar-refractivity contribution is -0.122. The standard InChI is InChI=1S/C20H27ClFN3O2/c1-13(26)23-11-18-7-6-17(25(18)12-14-2-3-14)9-20(27)24-10-15-4-5-16(22)8-19(15)21/h4-5,8,14,17-18H,2-3,6-7,9-12H2,1H3,(H,23,26)(H,24,27)/t17-,18+/m0/s1. The van der Waals surface area contributed by atoms with Gasteiger partial charge in [0, 0.05) is 50.1 Å². The first kappa shape index (κ1) is 20.1. The summed E-state index contributed by atoms with van der Waals surface area (Å²) in [5, 5.41) is 6.14. The molecule has 2 aliphatic rings. The molecule has 2 atom stereocenters. The van der Waals surface area contributed by atoms with Crippen molar-refractivity contribution in [2.45, 2.75) is 57.7 Å². The molecule has 1 saturated heterocycles. The summed E-state index contributed by atoms with van der Waals surface area (Å²) >= 11 is 6.02. The molecule has 1 saturated carbocycles. The van der Waals surface area contributed by atoms with Gasteiger partial charge in [-0.25, -0.2) is 4.39 Å². The largest absolute Gasteiger partial charge is 0.355 e. The van der Waals surface area contributed by atoms with Crippen molar-refractivity contribution >= 4 is 23.4 Å². The molecule has 2 fully saturated rings. The van der Waals surface area contributed by atoms with Crippen LogP contribution in [0.1, 0.15) is 44.6 Å². The summed E-state index contributed by atoms with van der Waals surface area (Å²) < 4.78 is 13.1. The molecule has 1 aliphatic carbocycles. The maximum Gasteiger partial charge on any atom is 0.221 e. The number of nitrogens with one attached hydrogen (secondary N) is 2. The minimum atomic E-state index is -0.387. The topological polar surface area (TPSA) is 61.4 Å². The average molecular weight is 396 g/mol. The molecule has 0 spiro atoms. The van der Waals surface area contributed by atoms with E-state index in [0.717, 1.165) is 25.3 Å². The van der Waals surface area contributed by atoms with Gasteiger partial charge in [0.1, 0.15) is 5.82 Å². The molecule has 1 aliphatic heterocycles. The summed E-state index contributed by atoms with van der Waals surface area (Å²) in [6.45, 7) is 3.48. The van der Waals surface area contributed by atoms with Gasteiger partial charge in [-0.3, -0.25) is 14.5 Å². The molecule has 1 aromatic carbocycles.